The number of pyridine rings is 1. The number of aryl methyl sites for hydroxylation is 1. The predicted molar refractivity (Wildman–Crippen MR) is 69.2 cm³/mol. The summed E-state index contributed by atoms with van der Waals surface area (Å²) in [7, 11) is 2.16. The lowest BCUT2D eigenvalue weighted by Crippen LogP contribution is -2.40. The van der Waals surface area contributed by atoms with E-state index in [1.807, 2.05) is 6.92 Å². The van der Waals surface area contributed by atoms with Crippen molar-refractivity contribution in [2.45, 2.75) is 32.2 Å². The maximum Gasteiger partial charge on any atom is 0.215 e. The van der Waals surface area contributed by atoms with Gasteiger partial charge in [0, 0.05) is 24.0 Å². The fourth-order valence-corrected chi connectivity index (χ4v) is 2.13. The molecule has 1 fully saturated rings. The zero-order valence-electron chi connectivity index (χ0n) is 10.6. The highest BCUT2D eigenvalue weighted by atomic mass is 16.5. The Morgan fingerprint density at radius 2 is 2.35 bits per heavy atom. The molecule has 2 N–H and O–H groups in total. The van der Waals surface area contributed by atoms with Crippen LogP contribution >= 0.6 is 0 Å². The summed E-state index contributed by atoms with van der Waals surface area (Å²) >= 11 is 0. The van der Waals surface area contributed by atoms with E-state index in [0.717, 1.165) is 17.8 Å². The van der Waals surface area contributed by atoms with Crippen molar-refractivity contribution < 1.29 is 4.74 Å². The van der Waals surface area contributed by atoms with Gasteiger partial charge in [-0.05, 0) is 38.9 Å². The van der Waals surface area contributed by atoms with Crippen molar-refractivity contribution >= 4 is 5.69 Å². The smallest absolute Gasteiger partial charge is 0.215 e. The van der Waals surface area contributed by atoms with Crippen LogP contribution in [-0.4, -0.2) is 36.1 Å². The van der Waals surface area contributed by atoms with E-state index in [-0.39, 0.29) is 0 Å². The highest BCUT2D eigenvalue weighted by Crippen LogP contribution is 2.18. The molecular weight excluding hydrogens is 214 g/mol. The molecule has 1 aliphatic heterocycles. The first-order chi connectivity index (χ1) is 8.16. The van der Waals surface area contributed by atoms with Crippen LogP contribution in [-0.2, 0) is 0 Å². The number of anilines is 1. The van der Waals surface area contributed by atoms with Crippen LogP contribution < -0.4 is 10.5 Å². The molecule has 2 rings (SSSR count). The summed E-state index contributed by atoms with van der Waals surface area (Å²) in [6.45, 7) is 3.81. The van der Waals surface area contributed by atoms with Crippen LogP contribution in [0.4, 0.5) is 5.69 Å². The van der Waals surface area contributed by atoms with E-state index in [4.69, 9.17) is 10.5 Å². The first-order valence-electron chi connectivity index (χ1n) is 6.22. The van der Waals surface area contributed by atoms with Gasteiger partial charge in [-0.1, -0.05) is 6.42 Å². The summed E-state index contributed by atoms with van der Waals surface area (Å²) in [5.74, 6) is 0.632. The van der Waals surface area contributed by atoms with Gasteiger partial charge in [-0.25, -0.2) is 4.98 Å². The molecule has 4 heteroatoms. The second-order valence-electron chi connectivity index (χ2n) is 4.82. The molecule has 1 aliphatic rings. The minimum Gasteiger partial charge on any atom is -0.476 e. The Bertz CT molecular complexity index is 381. The van der Waals surface area contributed by atoms with Crippen LogP contribution in [0.3, 0.4) is 0 Å². The molecule has 4 nitrogen and oxygen atoms in total. The standard InChI is InChI=1S/C13H21N3O/c1-10-8-15-13(7-12(10)14)17-9-11-5-3-4-6-16(11)2/h7-8,11H,3-6,9H2,1-2H3,(H2,14,15). The van der Waals surface area contributed by atoms with Crippen LogP contribution in [0.5, 0.6) is 5.88 Å². The van der Waals surface area contributed by atoms with Crippen molar-refractivity contribution in [1.29, 1.82) is 0 Å². The highest BCUT2D eigenvalue weighted by molar-refractivity contribution is 5.47. The Kier molecular flexibility index (Phi) is 3.84. The van der Waals surface area contributed by atoms with Crippen LogP contribution in [0.1, 0.15) is 24.8 Å². The first-order valence-corrected chi connectivity index (χ1v) is 6.22. The van der Waals surface area contributed by atoms with E-state index in [1.54, 1.807) is 12.3 Å². The number of hydrogen-bond acceptors (Lipinski definition) is 4. The van der Waals surface area contributed by atoms with Gasteiger partial charge in [-0.15, -0.1) is 0 Å². The Hall–Kier alpha value is -1.29. The molecule has 94 valence electrons. The van der Waals surface area contributed by atoms with Gasteiger partial charge in [-0.2, -0.15) is 0 Å². The first kappa shape index (κ1) is 12.2. The number of likely N-dealkylation sites (tertiary alicyclic amines) is 1. The minimum absolute atomic E-state index is 0.507. The Labute approximate surface area is 103 Å². The van der Waals surface area contributed by atoms with Gasteiger partial charge < -0.3 is 15.4 Å². The topological polar surface area (TPSA) is 51.4 Å². The molecule has 0 aliphatic carbocycles. The Morgan fingerprint density at radius 3 is 3.06 bits per heavy atom. The van der Waals surface area contributed by atoms with E-state index >= 15 is 0 Å². The molecule has 0 bridgehead atoms. The van der Waals surface area contributed by atoms with Crippen molar-refractivity contribution in [3.8, 4) is 5.88 Å². The number of piperidine rings is 1. The van der Waals surface area contributed by atoms with Gasteiger partial charge in [0.1, 0.15) is 6.61 Å². The number of nitrogens with two attached hydrogens (primary N) is 1. The van der Waals surface area contributed by atoms with Gasteiger partial charge in [0.15, 0.2) is 0 Å². The van der Waals surface area contributed by atoms with E-state index < -0.39 is 0 Å². The molecule has 0 saturated carbocycles. The zero-order valence-corrected chi connectivity index (χ0v) is 10.6. The average molecular weight is 235 g/mol. The van der Waals surface area contributed by atoms with Crippen molar-refractivity contribution in [2.24, 2.45) is 0 Å². The van der Waals surface area contributed by atoms with E-state index in [2.05, 4.69) is 16.9 Å². The lowest BCUT2D eigenvalue weighted by Gasteiger charge is -2.31. The fraction of sp³-hybridized carbons (Fsp3) is 0.615. The van der Waals surface area contributed by atoms with Gasteiger partial charge in [0.2, 0.25) is 5.88 Å². The maximum absolute atomic E-state index is 5.83. The third-order valence-corrected chi connectivity index (χ3v) is 3.46. The molecular formula is C13H21N3O. The quantitative estimate of drug-likeness (QED) is 0.868. The molecule has 0 amide bonds. The number of likely N-dealkylation sites (N-methyl/N-ethyl adjacent to an activating group) is 1. The number of nitrogens with zero attached hydrogens (tertiary/aromatic N) is 2. The Balaban J connectivity index is 1.90. The predicted octanol–water partition coefficient (Wildman–Crippen LogP) is 1.84. The monoisotopic (exact) mass is 235 g/mol. The largest absolute Gasteiger partial charge is 0.476 e. The van der Waals surface area contributed by atoms with Crippen molar-refractivity contribution in [3.63, 3.8) is 0 Å². The number of ether oxygens (including phenoxy) is 1. The third kappa shape index (κ3) is 3.09. The molecule has 2 heterocycles. The molecule has 1 unspecified atom stereocenters. The Morgan fingerprint density at radius 1 is 1.53 bits per heavy atom. The molecule has 1 aromatic heterocycles. The van der Waals surface area contributed by atoms with E-state index in [9.17, 15) is 0 Å². The zero-order chi connectivity index (χ0) is 12.3. The van der Waals surface area contributed by atoms with Gasteiger partial charge in [0.25, 0.3) is 0 Å². The highest BCUT2D eigenvalue weighted by Gasteiger charge is 2.19. The minimum atomic E-state index is 0.507. The summed E-state index contributed by atoms with van der Waals surface area (Å²) in [6.07, 6.45) is 5.55. The van der Waals surface area contributed by atoms with Crippen LogP contribution in [0, 0.1) is 6.92 Å². The third-order valence-electron chi connectivity index (χ3n) is 3.46. The number of hydrogen-bond donors (Lipinski definition) is 1. The molecule has 17 heavy (non-hydrogen) atoms. The summed E-state index contributed by atoms with van der Waals surface area (Å²) in [5, 5.41) is 0. The summed E-state index contributed by atoms with van der Waals surface area (Å²) in [6, 6.07) is 2.31. The second kappa shape index (κ2) is 5.36. The van der Waals surface area contributed by atoms with E-state index in [1.165, 1.54) is 19.3 Å². The molecule has 0 spiro atoms. The van der Waals surface area contributed by atoms with Crippen LogP contribution in [0.25, 0.3) is 0 Å². The van der Waals surface area contributed by atoms with Crippen molar-refractivity contribution in [1.82, 2.24) is 9.88 Å². The lowest BCUT2D eigenvalue weighted by atomic mass is 10.0. The lowest BCUT2D eigenvalue weighted by molar-refractivity contribution is 0.122. The number of nitrogen functional groups attached to an aromatic ring is 1. The SMILES string of the molecule is Cc1cnc(OCC2CCCCN2C)cc1N. The summed E-state index contributed by atoms with van der Waals surface area (Å²) < 4.78 is 5.72. The fourth-order valence-electron chi connectivity index (χ4n) is 2.13. The van der Waals surface area contributed by atoms with Crippen LogP contribution in [0.15, 0.2) is 12.3 Å². The van der Waals surface area contributed by atoms with Crippen molar-refractivity contribution in [3.05, 3.63) is 17.8 Å². The molecule has 0 aromatic carbocycles. The second-order valence-corrected chi connectivity index (χ2v) is 4.82. The normalized spacial score (nSPS) is 21.4. The number of aromatic nitrogens is 1. The van der Waals surface area contributed by atoms with Gasteiger partial charge in [-0.3, -0.25) is 0 Å². The molecule has 1 saturated heterocycles. The average Bonchev–Trinajstić information content (AvgIpc) is 2.32. The van der Waals surface area contributed by atoms with Gasteiger partial charge in [0.05, 0.1) is 0 Å². The number of rotatable bonds is 3. The molecule has 0 radical (unpaired) electrons. The maximum atomic E-state index is 5.83. The summed E-state index contributed by atoms with van der Waals surface area (Å²) in [5.41, 5.74) is 7.56. The van der Waals surface area contributed by atoms with Crippen molar-refractivity contribution in [2.75, 3.05) is 25.9 Å². The molecule has 1 aromatic rings. The molecule has 1 atom stereocenters. The summed E-state index contributed by atoms with van der Waals surface area (Å²) in [4.78, 5) is 6.59. The van der Waals surface area contributed by atoms with Gasteiger partial charge >= 0.3 is 0 Å². The van der Waals surface area contributed by atoms with E-state index in [0.29, 0.717) is 18.5 Å². The van der Waals surface area contributed by atoms with Crippen LogP contribution in [0.2, 0.25) is 0 Å².